The van der Waals surface area contributed by atoms with Gasteiger partial charge in [-0.2, -0.15) is 46.4 Å². The normalized spacial score (nSPS) is 17.7. The summed E-state index contributed by atoms with van der Waals surface area (Å²) in [6.45, 7) is 8.83. The second-order valence-electron chi connectivity index (χ2n) is 30.3. The number of rotatable bonds is 15. The van der Waals surface area contributed by atoms with Crippen molar-refractivity contribution in [3.8, 4) is 133 Å². The van der Waals surface area contributed by atoms with Gasteiger partial charge in [-0.05, 0) is 98.3 Å². The van der Waals surface area contributed by atoms with Gasteiger partial charge in [0.1, 0.15) is 41.4 Å². The number of fused-ring (bicyclic) bond motifs is 7. The van der Waals surface area contributed by atoms with Gasteiger partial charge in [-0.3, -0.25) is 33.7 Å². The molecule has 5 atom stereocenters. The number of hydrogen-bond donors (Lipinski definition) is 0. The molecule has 4 bridgehead atoms. The summed E-state index contributed by atoms with van der Waals surface area (Å²) in [6.07, 6.45) is 43.2. The lowest BCUT2D eigenvalue weighted by atomic mass is 9.84. The molecule has 14 aromatic heterocycles. The van der Waals surface area contributed by atoms with Gasteiger partial charge in [0.25, 0.3) is 0 Å². The molecule has 28 heteroatoms. The second-order valence-corrected chi connectivity index (χ2v) is 30.3. The third-order valence-electron chi connectivity index (χ3n) is 22.9. The Morgan fingerprint density at radius 2 is 0.932 bits per heavy atom. The molecule has 7 saturated heterocycles. The van der Waals surface area contributed by atoms with E-state index in [0.29, 0.717) is 64.9 Å². The molecule has 0 spiro atoms. The fourth-order valence-corrected chi connectivity index (χ4v) is 16.8. The molecule has 8 aliphatic rings. The average Bonchev–Trinajstić information content (AvgIpc) is 1.74. The van der Waals surface area contributed by atoms with Crippen molar-refractivity contribution in [3.05, 3.63) is 212 Å². The van der Waals surface area contributed by atoms with Gasteiger partial charge in [0, 0.05) is 250 Å². The number of hydrogen-bond acceptors (Lipinski definition) is 22. The molecule has 22 rings (SSSR count). The first-order valence-corrected chi connectivity index (χ1v) is 38.9. The predicted molar refractivity (Wildman–Crippen MR) is 443 cm³/mol. The minimum Gasteiger partial charge on any atom is -0.495 e. The van der Waals surface area contributed by atoms with E-state index in [-0.39, 0.29) is 6.04 Å². The maximum atomic E-state index is 9.78. The lowest BCUT2D eigenvalue weighted by Crippen LogP contribution is -2.71. The van der Waals surface area contributed by atoms with Crippen molar-refractivity contribution in [1.29, 1.82) is 15.8 Å². The molecule has 7 aliphatic heterocycles. The second kappa shape index (κ2) is 31.8. The maximum absolute atomic E-state index is 9.78. The third kappa shape index (κ3) is 15.0. The number of piperidine rings is 2. The van der Waals surface area contributed by atoms with Crippen molar-refractivity contribution >= 4 is 34.0 Å². The van der Waals surface area contributed by atoms with Crippen LogP contribution in [0, 0.1) is 75.9 Å². The van der Waals surface area contributed by atoms with Crippen LogP contribution in [0.3, 0.4) is 0 Å². The molecule has 21 heterocycles. The Labute approximate surface area is 675 Å². The number of aryl methyl sites for hydroxylation is 3. The Morgan fingerprint density at radius 3 is 1.36 bits per heavy atom. The number of anilines is 3. The van der Waals surface area contributed by atoms with E-state index in [4.69, 9.17) is 30.8 Å². The van der Waals surface area contributed by atoms with Crippen LogP contribution < -0.4 is 24.2 Å². The van der Waals surface area contributed by atoms with Crippen LogP contribution in [0.15, 0.2) is 184 Å². The average molecular weight is 1550 g/mol. The Hall–Kier alpha value is -14.5. The molecule has 1 saturated carbocycles. The molecule has 0 aromatic carbocycles. The quantitative estimate of drug-likeness (QED) is 0.0863. The van der Waals surface area contributed by atoms with E-state index in [1.54, 1.807) is 79.0 Å². The summed E-state index contributed by atoms with van der Waals surface area (Å²) < 4.78 is 21.1. The monoisotopic (exact) mass is 1540 g/mol. The fraction of sp³-hybridized carbons (Fsp3) is 0.281. The number of piperazine rings is 3. The zero-order valence-corrected chi connectivity index (χ0v) is 65.2. The van der Waals surface area contributed by atoms with Gasteiger partial charge in [-0.25, -0.2) is 33.5 Å². The molecule has 28 nitrogen and oxygen atoms in total. The van der Waals surface area contributed by atoms with Crippen molar-refractivity contribution in [2.45, 2.75) is 55.9 Å². The van der Waals surface area contributed by atoms with Gasteiger partial charge < -0.3 is 24.2 Å². The van der Waals surface area contributed by atoms with Gasteiger partial charge in [0.05, 0.1) is 110 Å². The lowest BCUT2D eigenvalue weighted by Gasteiger charge is -2.58. The maximum Gasteiger partial charge on any atom is 0.214 e. The van der Waals surface area contributed by atoms with E-state index in [1.165, 1.54) is 25.7 Å². The number of aromatic nitrogens is 17. The van der Waals surface area contributed by atoms with Gasteiger partial charge >= 0.3 is 0 Å². The molecule has 0 N–H and O–H groups in total. The zero-order chi connectivity index (χ0) is 79.8. The van der Waals surface area contributed by atoms with E-state index in [1.807, 2.05) is 120 Å². The first kappa shape index (κ1) is 73.9. The Kier molecular flexibility index (Phi) is 20.1. The van der Waals surface area contributed by atoms with Crippen LogP contribution in [-0.4, -0.2) is 208 Å². The summed E-state index contributed by atoms with van der Waals surface area (Å²) >= 11 is 0. The van der Waals surface area contributed by atoms with E-state index in [0.717, 1.165) is 171 Å². The van der Waals surface area contributed by atoms with E-state index < -0.39 is 0 Å². The number of pyridine rings is 8. The summed E-state index contributed by atoms with van der Waals surface area (Å²) in [5, 5.41) is 55.3. The predicted octanol–water partition coefficient (Wildman–Crippen LogP) is 9.98. The number of terminal acetylenes is 1. The van der Waals surface area contributed by atoms with Crippen LogP contribution >= 0.6 is 0 Å². The molecule has 0 radical (unpaired) electrons. The molecular formula is C89H80N26O2. The summed E-state index contributed by atoms with van der Waals surface area (Å²) in [7, 11) is 8.95. The van der Waals surface area contributed by atoms with E-state index in [2.05, 4.69) is 166 Å². The van der Waals surface area contributed by atoms with E-state index in [9.17, 15) is 15.8 Å². The number of methoxy groups -OCH3 is 2. The first-order valence-electron chi connectivity index (χ1n) is 38.9. The van der Waals surface area contributed by atoms with Crippen LogP contribution in [0.2, 0.25) is 0 Å². The van der Waals surface area contributed by atoms with E-state index >= 15 is 0 Å². The smallest absolute Gasteiger partial charge is 0.214 e. The SMILES string of the molecule is C#CCN1CCN(c2ccc(-c3cc(-c4cnn(C)c4)cn4ncc(C#N)c34)cn2)CC1.COc1cc(C#CC(C2CC2)N2C3CC2CN(c2ccc(-c4cc(-c5cnn(C)c5)cn5ncc(C#N)c45)cn2)C3)ccn1.COc1cncc(C#CCN2C3CC2CN(c2ccc(-c4cc(-c5cnn(C)c5)cn5ncc(C#N)c45)cn2)C3)c1. The van der Waals surface area contributed by atoms with Crippen LogP contribution in [0.25, 0.3) is 83.3 Å². The minimum absolute atomic E-state index is 0.287. The van der Waals surface area contributed by atoms with Gasteiger partial charge in [-0.15, -0.1) is 6.42 Å². The lowest BCUT2D eigenvalue weighted by molar-refractivity contribution is -0.0272. The molecule has 578 valence electrons. The number of nitriles is 3. The molecule has 5 unspecified atom stereocenters. The summed E-state index contributed by atoms with van der Waals surface area (Å²) in [4.78, 5) is 37.4. The van der Waals surface area contributed by atoms with Crippen molar-refractivity contribution < 1.29 is 9.47 Å². The topological polar surface area (TPSA) is 279 Å². The van der Waals surface area contributed by atoms with Crippen LogP contribution in [-0.2, 0) is 21.1 Å². The highest BCUT2D eigenvalue weighted by Gasteiger charge is 2.51. The summed E-state index contributed by atoms with van der Waals surface area (Å²) in [5.41, 5.74) is 17.2. The van der Waals surface area contributed by atoms with Crippen molar-refractivity contribution in [2.24, 2.45) is 27.1 Å². The van der Waals surface area contributed by atoms with Gasteiger partial charge in [-0.1, -0.05) is 29.6 Å². The highest BCUT2D eigenvalue weighted by molar-refractivity contribution is 5.90. The van der Waals surface area contributed by atoms with Gasteiger partial charge in [0.15, 0.2) is 0 Å². The Bertz CT molecular complexity index is 6360. The van der Waals surface area contributed by atoms with Crippen molar-refractivity contribution in [3.63, 3.8) is 0 Å². The minimum atomic E-state index is 0.287. The highest BCUT2D eigenvalue weighted by atomic mass is 16.5. The molecule has 0 amide bonds. The van der Waals surface area contributed by atoms with Crippen LogP contribution in [0.5, 0.6) is 11.6 Å². The van der Waals surface area contributed by atoms with Crippen LogP contribution in [0.1, 0.15) is 53.5 Å². The fourth-order valence-electron chi connectivity index (χ4n) is 16.8. The summed E-state index contributed by atoms with van der Waals surface area (Å²) in [6, 6.07) is 33.5. The third-order valence-corrected chi connectivity index (χ3v) is 22.9. The molecule has 1 aliphatic carbocycles. The Balaban J connectivity index is 0.000000123. The largest absolute Gasteiger partial charge is 0.495 e. The van der Waals surface area contributed by atoms with Crippen molar-refractivity contribution in [1.82, 2.24) is 97.8 Å². The zero-order valence-electron chi connectivity index (χ0n) is 65.2. The highest BCUT2D eigenvalue weighted by Crippen LogP contribution is 2.45. The van der Waals surface area contributed by atoms with Crippen LogP contribution in [0.4, 0.5) is 17.5 Å². The molecular weight excluding hydrogens is 1470 g/mol. The summed E-state index contributed by atoms with van der Waals surface area (Å²) in [5.74, 6) is 21.1. The number of ether oxygens (including phenoxy) is 2. The molecule has 14 aromatic rings. The molecule has 8 fully saturated rings. The first-order chi connectivity index (χ1) is 57.3. The Morgan fingerprint density at radius 1 is 0.453 bits per heavy atom. The standard InChI is InChI=1S/C34H31N9O.C31H27N9O.C24H22N8/c1-40-18-27(17-38-40)25-12-30(34-26(14-35)16-39-42(34)19-25)24-6-8-32(37-15-24)41-20-28-13-29(21-41)43(28)31(23-4-5-23)7-3-22-9-10-36-33(11-22)44-2;1-37-17-25(15-35-37)23-9-29(31-24(11-32)14-36-40(31)18-23)22-5-6-30(34-13-22)38-19-26-10-27(20-38)39(26)7-3-4-21-8-28(41-2)16-33-12-21;1-3-6-30-7-9-31(10-8-30)23-5-4-18(13-26-23)22-11-19(21-15-27-29(2)16-21)17-32-24(22)20(12-25)14-28-32/h6,8-12,15-19,23,28-29,31H,4-5,13,20-21H2,1-2H3;5-6,8-9,12-18,26-27H,7,10,19-20H2,1-2H3;1,4-5,11,13-17H,6-10H2,2H3. The molecule has 117 heavy (non-hydrogen) atoms. The van der Waals surface area contributed by atoms with Gasteiger partial charge in [0.2, 0.25) is 5.88 Å². The number of nitrogens with zero attached hydrogens (tertiary/aromatic N) is 26. The van der Waals surface area contributed by atoms with Crippen molar-refractivity contribution in [2.75, 3.05) is 94.4 Å².